The number of Topliss-reactive ketones (excluding diaryl/α,β-unsaturated/α-hetero) is 2. The highest BCUT2D eigenvalue weighted by molar-refractivity contribution is 9.10. The number of benzene rings is 5. The second-order valence-electron chi connectivity index (χ2n) is 36.9. The number of sulfone groups is 2. The standard InChI is InChI=1S/C38H34F7N7O4S.C34H27ClF7N5O3S.C19H20BrF2NO2.C4H8N2O.ClH/c1-50-34-25(4-3-5-26(34)29(48-50)17-57(2,55)56)24-6-7-30(51-15-22(46)13-31(51)54)47-33(24)19(8-18-9-20(39)12-21(40)10-18)11-23(53)16-52-36-32(35(49-52)38(43,44)45)27-14-28(27)37(36,41)42;1-46-30-22(4-3-5-23(30)26(44-46)15-51(2,49)50)21-6-7-27(35)43-29(21)17(8-16-9-18(36)12-19(37)10-16)11-20(48)14-47-32-28(31(45-47)34(40,41)42)24-13-25(24)33(32,38)39;1-19(2,3)25-17(24)10-13(18-16(20)5-4-6-23-18)7-12-8-14(21)11-15(22)9-12;5-3-1-4(7)6-2-3;/h3-7,9-10,12,19,22,27-28H,8,11,13-17,46H2,1-2H3;3-7,9-10,12,17,24-25H,8,11,13-15H2,1-2H3;4-6,8-9,11,13H,7,10H2,1-3H3;3H,1-2,5H2,(H,6,7);1H/t19-,22?,27+,28-;17-,24+,25-;13-;;/m111../s1. The van der Waals surface area contributed by atoms with E-state index in [0.29, 0.717) is 89.8 Å². The Bertz CT molecular complexity index is 7120. The molecule has 9 heterocycles. The number of ether oxygens (including phenoxy) is 1. The number of ketones is 2. The molecule has 141 heavy (non-hydrogen) atoms. The molecule has 0 radical (unpaired) electrons. The second kappa shape index (κ2) is 40.3. The van der Waals surface area contributed by atoms with Crippen LogP contribution < -0.4 is 21.7 Å². The molecule has 2 amide bonds. The van der Waals surface area contributed by atoms with Crippen LogP contribution in [0.3, 0.4) is 0 Å². The number of amides is 2. The summed E-state index contributed by atoms with van der Waals surface area (Å²) in [6, 6.07) is 28.2. The van der Waals surface area contributed by atoms with Gasteiger partial charge in [-0.1, -0.05) is 48.0 Å². The smallest absolute Gasteiger partial charge is 0.435 e. The first-order chi connectivity index (χ1) is 65.4. The SMILES string of the molecule is CC(C)(C)OC(=O)C[C@@H](Cc1cc(F)cc(F)c1)c1ncccc1Br.Cl.Cn1nc(CS(C)(=O)=O)c2cccc(-c3ccc(Cl)nc3[C@@H](CC(=O)Cn3nc(C(F)(F)F)c4c3C(F)(F)[C@@H]3C[C@H]43)Cc3cc(F)cc(F)c3)c21.Cn1nc(CS(C)(=O)=O)c2cccc(-c3ccc(N4CC(N)CC4=O)nc3[C@@H](CC(=O)Cn3nc(C(F)(F)F)c4c3C(F)(F)[C@@H]3C[C@H]43)Cc3cc(F)cc(F)c3)c21.NC1CNC(=O)C1. The molecule has 46 heteroatoms. The van der Waals surface area contributed by atoms with E-state index in [9.17, 15) is 93.5 Å². The average molecular weight is 2120 g/mol. The van der Waals surface area contributed by atoms with Gasteiger partial charge in [0.15, 0.2) is 42.6 Å². The third-order valence-corrected chi connectivity index (χ3v) is 27.0. The lowest BCUT2D eigenvalue weighted by molar-refractivity contribution is -0.155. The number of hydrogen-bond acceptors (Lipinski definition) is 19. The highest BCUT2D eigenvalue weighted by atomic mass is 79.9. The molecule has 12 aromatic rings. The van der Waals surface area contributed by atoms with Crippen LogP contribution in [0.15, 0.2) is 138 Å². The van der Waals surface area contributed by atoms with E-state index in [1.54, 1.807) is 102 Å². The number of carbonyl (C=O) groups excluding carboxylic acids is 5. The number of rotatable bonds is 26. The fraction of sp³-hybridized carbons (Fsp3) is 0.389. The number of alkyl halides is 10. The molecule has 18 rings (SSSR count). The van der Waals surface area contributed by atoms with Crippen LogP contribution in [0.2, 0.25) is 5.15 Å². The number of pyridine rings is 3. The van der Waals surface area contributed by atoms with Crippen LogP contribution in [-0.2, 0) is 131 Å². The molecule has 9 atom stereocenters. The number of aryl methyl sites for hydroxylation is 2. The number of esters is 1. The van der Waals surface area contributed by atoms with Gasteiger partial charge in [-0.25, -0.2) is 53.1 Å². The van der Waals surface area contributed by atoms with E-state index in [2.05, 4.69) is 51.6 Å². The molecule has 5 N–H and O–H groups in total. The monoisotopic (exact) mass is 2120 g/mol. The number of nitrogens with one attached hydrogen (secondary N) is 1. The molecule has 7 aromatic heterocycles. The first-order valence-electron chi connectivity index (χ1n) is 43.8. The van der Waals surface area contributed by atoms with Crippen LogP contribution in [0.1, 0.15) is 174 Å². The highest BCUT2D eigenvalue weighted by Crippen LogP contribution is 2.70. The predicted molar refractivity (Wildman–Crippen MR) is 492 cm³/mol. The fourth-order valence-electron chi connectivity index (χ4n) is 19.0. The Morgan fingerprint density at radius 3 is 1.34 bits per heavy atom. The van der Waals surface area contributed by atoms with E-state index in [-0.39, 0.29) is 150 Å². The zero-order valence-corrected chi connectivity index (χ0v) is 80.6. The van der Waals surface area contributed by atoms with E-state index in [4.69, 9.17) is 32.8 Å². The normalized spacial score (nSPS) is 18.8. The largest absolute Gasteiger partial charge is 0.460 e. The number of para-hydroxylation sites is 2. The minimum absolute atomic E-state index is 0. The molecule has 4 fully saturated rings. The van der Waals surface area contributed by atoms with Crippen molar-refractivity contribution in [2.75, 3.05) is 30.5 Å². The summed E-state index contributed by atoms with van der Waals surface area (Å²) in [5.74, 6) is -22.3. The van der Waals surface area contributed by atoms with Crippen LogP contribution in [0.25, 0.3) is 44.1 Å². The molecule has 6 aliphatic rings. The van der Waals surface area contributed by atoms with Crippen molar-refractivity contribution in [1.29, 1.82) is 0 Å². The zero-order chi connectivity index (χ0) is 102. The van der Waals surface area contributed by atoms with Crippen LogP contribution in [-0.4, -0.2) is 144 Å². The highest BCUT2D eigenvalue weighted by Gasteiger charge is 2.70. The third-order valence-electron chi connectivity index (χ3n) is 24.5. The summed E-state index contributed by atoms with van der Waals surface area (Å²) in [6.45, 7) is 4.22. The second-order valence-corrected chi connectivity index (χ2v) is 42.5. The molecule has 750 valence electrons. The Kier molecular flexibility index (Phi) is 30.1. The van der Waals surface area contributed by atoms with E-state index in [0.717, 1.165) is 47.3 Å². The van der Waals surface area contributed by atoms with Crippen molar-refractivity contribution in [3.63, 3.8) is 0 Å². The lowest BCUT2D eigenvalue weighted by Crippen LogP contribution is -2.29. The third kappa shape index (κ3) is 23.8. The molecule has 2 saturated heterocycles. The Balaban J connectivity index is 0.000000172. The average Bonchev–Trinajstić information content (AvgIpc) is 1.52. The molecule has 0 spiro atoms. The Labute approximate surface area is 815 Å². The summed E-state index contributed by atoms with van der Waals surface area (Å²) in [4.78, 5) is 78.3. The van der Waals surface area contributed by atoms with Crippen molar-refractivity contribution in [2.45, 2.75) is 181 Å². The molecule has 4 aliphatic carbocycles. The van der Waals surface area contributed by atoms with Crippen LogP contribution in [0.5, 0.6) is 0 Å². The van der Waals surface area contributed by atoms with Crippen molar-refractivity contribution in [3.8, 4) is 22.3 Å². The summed E-state index contributed by atoms with van der Waals surface area (Å²) in [5.41, 5.74) is 9.54. The Morgan fingerprint density at radius 1 is 0.553 bits per heavy atom. The number of nitrogens with two attached hydrogens (primary N) is 2. The topological polar surface area (TPSA) is 340 Å². The molecule has 25 nitrogen and oxygen atoms in total. The predicted octanol–water partition coefficient (Wildman–Crippen LogP) is 17.9. The number of nitrogens with zero attached hydrogens (tertiary/aromatic N) is 12. The summed E-state index contributed by atoms with van der Waals surface area (Å²) in [6.07, 6.45) is -7.33. The van der Waals surface area contributed by atoms with Gasteiger partial charge in [0, 0.05) is 180 Å². The van der Waals surface area contributed by atoms with Gasteiger partial charge >= 0.3 is 18.3 Å². The van der Waals surface area contributed by atoms with Gasteiger partial charge in [0.1, 0.15) is 76.0 Å². The number of hydrogen-bond donors (Lipinski definition) is 3. The Morgan fingerprint density at radius 2 is 0.972 bits per heavy atom. The van der Waals surface area contributed by atoms with E-state index >= 15 is 17.6 Å². The number of halogens is 19. The summed E-state index contributed by atoms with van der Waals surface area (Å²) in [7, 11) is -3.81. The molecule has 2 aliphatic heterocycles. The van der Waals surface area contributed by atoms with Crippen LogP contribution >= 0.6 is 39.9 Å². The van der Waals surface area contributed by atoms with Crippen molar-refractivity contribution in [1.82, 2.24) is 59.4 Å². The molecular formula is C95H90BrCl2F16N15O10S2. The van der Waals surface area contributed by atoms with E-state index in [1.807, 2.05) is 6.07 Å². The van der Waals surface area contributed by atoms with E-state index in [1.165, 1.54) is 32.5 Å². The maximum absolute atomic E-state index is 15.4. The number of aromatic nitrogens is 11. The minimum Gasteiger partial charge on any atom is -0.460 e. The van der Waals surface area contributed by atoms with Gasteiger partial charge in [-0.2, -0.15) is 64.3 Å². The first kappa shape index (κ1) is 105. The van der Waals surface area contributed by atoms with Gasteiger partial charge < -0.3 is 21.5 Å². The minimum atomic E-state index is -5.06. The van der Waals surface area contributed by atoms with Gasteiger partial charge in [-0.15, -0.1) is 12.4 Å². The van der Waals surface area contributed by atoms with Gasteiger partial charge in [0.25, 0.3) is 11.8 Å². The van der Waals surface area contributed by atoms with E-state index < -0.39 is 197 Å². The molecule has 5 aromatic carbocycles. The molecule has 0 bridgehead atoms. The quantitative estimate of drug-likeness (QED) is 0.0257. The number of carbonyl (C=O) groups is 5. The first-order valence-corrected chi connectivity index (χ1v) is 49.1. The summed E-state index contributed by atoms with van der Waals surface area (Å²) in [5, 5.41) is 19.4. The van der Waals surface area contributed by atoms with Gasteiger partial charge in [-0.05, 0) is 170 Å². The molecule has 2 saturated carbocycles. The summed E-state index contributed by atoms with van der Waals surface area (Å²) < 4.78 is 289. The Hall–Kier alpha value is -11.6. The van der Waals surface area contributed by atoms with Crippen molar-refractivity contribution < 1.29 is 116 Å². The lowest BCUT2D eigenvalue weighted by atomic mass is 9.86. The summed E-state index contributed by atoms with van der Waals surface area (Å²) >= 11 is 9.78. The van der Waals surface area contributed by atoms with Gasteiger partial charge in [0.05, 0.1) is 57.4 Å². The number of fused-ring (bicyclic) bond motifs is 8. The molecule has 2 unspecified atom stereocenters. The zero-order valence-electron chi connectivity index (χ0n) is 75.8. The maximum atomic E-state index is 15.4. The number of anilines is 1. The van der Waals surface area contributed by atoms with Crippen molar-refractivity contribution in [3.05, 3.63) is 257 Å². The van der Waals surface area contributed by atoms with Gasteiger partial charge in [0.2, 0.25) is 11.8 Å². The fourth-order valence-corrected chi connectivity index (χ4v) is 21.2. The van der Waals surface area contributed by atoms with Crippen molar-refractivity contribution >= 4 is 117 Å². The maximum Gasteiger partial charge on any atom is 0.435 e. The van der Waals surface area contributed by atoms with Crippen LogP contribution in [0.4, 0.5) is 76.1 Å². The molecular weight excluding hydrogens is 2030 g/mol. The van der Waals surface area contributed by atoms with Crippen molar-refractivity contribution in [2.24, 2.45) is 37.4 Å². The lowest BCUT2D eigenvalue weighted by Gasteiger charge is -2.24. The van der Waals surface area contributed by atoms with Crippen LogP contribution in [0, 0.1) is 46.7 Å². The van der Waals surface area contributed by atoms with Gasteiger partial charge in [-0.3, -0.25) is 52.6 Å².